The zero-order valence-corrected chi connectivity index (χ0v) is 18.9. The van der Waals surface area contributed by atoms with E-state index in [1.165, 1.54) is 70.6 Å². The topological polar surface area (TPSA) is 55.4 Å². The van der Waals surface area contributed by atoms with Crippen LogP contribution in [0.4, 0.5) is 0 Å². The van der Waals surface area contributed by atoms with Crippen molar-refractivity contribution in [2.45, 2.75) is 129 Å². The Balaban J connectivity index is 3.23. The van der Waals surface area contributed by atoms with E-state index in [1.54, 1.807) is 0 Å². The first kappa shape index (κ1) is 26.9. The SMILES string of the molecule is CCCCCCCCCCCCCCCOC(=O)CCNC(=O)CCCCC. The van der Waals surface area contributed by atoms with E-state index in [2.05, 4.69) is 19.2 Å². The highest BCUT2D eigenvalue weighted by atomic mass is 16.5. The molecule has 0 atom stereocenters. The fraction of sp³-hybridized carbons (Fsp3) is 0.917. The number of unbranched alkanes of at least 4 members (excludes halogenated alkanes) is 14. The minimum absolute atomic E-state index is 0.0396. The van der Waals surface area contributed by atoms with Crippen LogP contribution in [-0.2, 0) is 14.3 Å². The summed E-state index contributed by atoms with van der Waals surface area (Å²) in [6.07, 6.45) is 21.0. The lowest BCUT2D eigenvalue weighted by Crippen LogP contribution is -2.26. The molecule has 1 amide bonds. The molecule has 0 fully saturated rings. The molecule has 0 aromatic heterocycles. The van der Waals surface area contributed by atoms with Crippen molar-refractivity contribution in [1.29, 1.82) is 0 Å². The number of hydrogen-bond acceptors (Lipinski definition) is 3. The molecule has 0 unspecified atom stereocenters. The normalized spacial score (nSPS) is 10.8. The van der Waals surface area contributed by atoms with Gasteiger partial charge in [-0.1, -0.05) is 104 Å². The number of rotatable bonds is 21. The average Bonchev–Trinajstić information content (AvgIpc) is 2.68. The van der Waals surface area contributed by atoms with E-state index < -0.39 is 0 Å². The molecule has 0 saturated carbocycles. The molecule has 166 valence electrons. The molecule has 0 saturated heterocycles. The van der Waals surface area contributed by atoms with E-state index in [0.29, 0.717) is 19.6 Å². The Bertz CT molecular complexity index is 358. The predicted octanol–water partition coefficient (Wildman–Crippen LogP) is 6.71. The lowest BCUT2D eigenvalue weighted by molar-refractivity contribution is -0.143. The molecule has 0 aliphatic rings. The van der Waals surface area contributed by atoms with Gasteiger partial charge < -0.3 is 10.1 Å². The van der Waals surface area contributed by atoms with E-state index in [9.17, 15) is 9.59 Å². The van der Waals surface area contributed by atoms with Gasteiger partial charge in [0, 0.05) is 13.0 Å². The molecular formula is C24H47NO3. The number of ether oxygens (including phenoxy) is 1. The van der Waals surface area contributed by atoms with Gasteiger partial charge >= 0.3 is 5.97 Å². The summed E-state index contributed by atoms with van der Waals surface area (Å²) in [6.45, 7) is 5.29. The quantitative estimate of drug-likeness (QED) is 0.173. The van der Waals surface area contributed by atoms with Gasteiger partial charge in [-0.15, -0.1) is 0 Å². The van der Waals surface area contributed by atoms with Crippen molar-refractivity contribution in [1.82, 2.24) is 5.32 Å². The third kappa shape index (κ3) is 21.2. The monoisotopic (exact) mass is 397 g/mol. The number of carbonyl (C=O) groups is 2. The zero-order valence-electron chi connectivity index (χ0n) is 18.9. The molecule has 0 bridgehead atoms. The van der Waals surface area contributed by atoms with Crippen molar-refractivity contribution in [2.75, 3.05) is 13.2 Å². The van der Waals surface area contributed by atoms with Gasteiger partial charge in [0.05, 0.1) is 13.0 Å². The lowest BCUT2D eigenvalue weighted by atomic mass is 10.0. The zero-order chi connectivity index (χ0) is 20.7. The van der Waals surface area contributed by atoms with E-state index in [4.69, 9.17) is 4.74 Å². The van der Waals surface area contributed by atoms with Gasteiger partial charge in [0.2, 0.25) is 5.91 Å². The number of esters is 1. The maximum absolute atomic E-state index is 11.6. The minimum atomic E-state index is -0.201. The highest BCUT2D eigenvalue weighted by molar-refractivity contribution is 5.76. The van der Waals surface area contributed by atoms with Crippen molar-refractivity contribution in [3.8, 4) is 0 Å². The van der Waals surface area contributed by atoms with Crippen molar-refractivity contribution >= 4 is 11.9 Å². The van der Waals surface area contributed by atoms with E-state index >= 15 is 0 Å². The van der Waals surface area contributed by atoms with E-state index in [-0.39, 0.29) is 18.3 Å². The Morgan fingerprint density at radius 2 is 1.07 bits per heavy atom. The van der Waals surface area contributed by atoms with Crippen LogP contribution in [0.2, 0.25) is 0 Å². The Kier molecular flexibility index (Phi) is 21.4. The Morgan fingerprint density at radius 1 is 0.607 bits per heavy atom. The number of amides is 1. The van der Waals surface area contributed by atoms with E-state index in [0.717, 1.165) is 32.1 Å². The largest absolute Gasteiger partial charge is 0.466 e. The highest BCUT2D eigenvalue weighted by Gasteiger charge is 2.05. The number of carbonyl (C=O) groups excluding carboxylic acids is 2. The fourth-order valence-corrected chi connectivity index (χ4v) is 3.31. The van der Waals surface area contributed by atoms with Crippen LogP contribution in [0.5, 0.6) is 0 Å². The fourth-order valence-electron chi connectivity index (χ4n) is 3.31. The molecule has 0 aromatic carbocycles. The summed E-state index contributed by atoms with van der Waals surface area (Å²) in [4.78, 5) is 23.2. The summed E-state index contributed by atoms with van der Waals surface area (Å²) in [7, 11) is 0. The predicted molar refractivity (Wildman–Crippen MR) is 118 cm³/mol. The second-order valence-electron chi connectivity index (χ2n) is 8.02. The molecule has 4 nitrogen and oxygen atoms in total. The van der Waals surface area contributed by atoms with Crippen LogP contribution in [0.3, 0.4) is 0 Å². The standard InChI is InChI=1S/C24H47NO3/c1-3-5-7-8-9-10-11-12-13-14-15-16-18-22-28-24(27)20-21-25-23(26)19-17-6-4-2/h3-22H2,1-2H3,(H,25,26). The van der Waals surface area contributed by atoms with Crippen molar-refractivity contribution in [3.63, 3.8) is 0 Å². The lowest BCUT2D eigenvalue weighted by Gasteiger charge is -2.06. The first-order valence-corrected chi connectivity index (χ1v) is 12.1. The van der Waals surface area contributed by atoms with Gasteiger partial charge in [0.15, 0.2) is 0 Å². The van der Waals surface area contributed by atoms with Crippen LogP contribution in [0.15, 0.2) is 0 Å². The van der Waals surface area contributed by atoms with Gasteiger partial charge in [0.25, 0.3) is 0 Å². The number of nitrogens with one attached hydrogen (secondary N) is 1. The van der Waals surface area contributed by atoms with Crippen LogP contribution >= 0.6 is 0 Å². The molecule has 0 radical (unpaired) electrons. The summed E-state index contributed by atoms with van der Waals surface area (Å²) in [5.41, 5.74) is 0. The third-order valence-electron chi connectivity index (χ3n) is 5.17. The smallest absolute Gasteiger partial charge is 0.307 e. The molecular weight excluding hydrogens is 350 g/mol. The number of hydrogen-bond donors (Lipinski definition) is 1. The second kappa shape index (κ2) is 22.2. The summed E-state index contributed by atoms with van der Waals surface area (Å²) in [5.74, 6) is -0.162. The van der Waals surface area contributed by atoms with Crippen LogP contribution in [0.25, 0.3) is 0 Å². The second-order valence-corrected chi connectivity index (χ2v) is 8.02. The minimum Gasteiger partial charge on any atom is -0.466 e. The Labute approximate surface area is 174 Å². The maximum atomic E-state index is 11.6. The van der Waals surface area contributed by atoms with Crippen molar-refractivity contribution in [3.05, 3.63) is 0 Å². The first-order chi connectivity index (χ1) is 13.7. The van der Waals surface area contributed by atoms with Gasteiger partial charge in [-0.3, -0.25) is 9.59 Å². The molecule has 0 rings (SSSR count). The molecule has 0 aromatic rings. The molecule has 1 N–H and O–H groups in total. The summed E-state index contributed by atoms with van der Waals surface area (Å²) in [6, 6.07) is 0. The third-order valence-corrected chi connectivity index (χ3v) is 5.17. The van der Waals surface area contributed by atoms with Crippen LogP contribution in [0, 0.1) is 0 Å². The molecule has 0 heterocycles. The van der Waals surface area contributed by atoms with Gasteiger partial charge in [-0.2, -0.15) is 0 Å². The average molecular weight is 398 g/mol. The van der Waals surface area contributed by atoms with Crippen molar-refractivity contribution in [2.24, 2.45) is 0 Å². The molecule has 28 heavy (non-hydrogen) atoms. The summed E-state index contributed by atoms with van der Waals surface area (Å²) >= 11 is 0. The highest BCUT2D eigenvalue weighted by Crippen LogP contribution is 2.12. The van der Waals surface area contributed by atoms with Gasteiger partial charge in [-0.05, 0) is 12.8 Å². The Hall–Kier alpha value is -1.06. The summed E-state index contributed by atoms with van der Waals surface area (Å²) < 4.78 is 5.23. The molecule has 0 aliphatic carbocycles. The van der Waals surface area contributed by atoms with Crippen LogP contribution < -0.4 is 5.32 Å². The summed E-state index contributed by atoms with van der Waals surface area (Å²) in [5, 5.41) is 2.78. The molecule has 0 aliphatic heterocycles. The van der Waals surface area contributed by atoms with Crippen LogP contribution in [-0.4, -0.2) is 25.0 Å². The van der Waals surface area contributed by atoms with E-state index in [1.807, 2.05) is 0 Å². The molecule has 0 spiro atoms. The Morgan fingerprint density at radius 3 is 1.61 bits per heavy atom. The molecule has 4 heteroatoms. The maximum Gasteiger partial charge on any atom is 0.307 e. The van der Waals surface area contributed by atoms with Gasteiger partial charge in [0.1, 0.15) is 0 Å². The van der Waals surface area contributed by atoms with Gasteiger partial charge in [-0.25, -0.2) is 0 Å². The van der Waals surface area contributed by atoms with Crippen molar-refractivity contribution < 1.29 is 14.3 Å². The van der Waals surface area contributed by atoms with Crippen LogP contribution in [0.1, 0.15) is 129 Å². The first-order valence-electron chi connectivity index (χ1n) is 12.1.